The molecule has 0 aliphatic heterocycles. The zero-order valence-electron chi connectivity index (χ0n) is 17.4. The Bertz CT molecular complexity index is 1090. The smallest absolute Gasteiger partial charge is 0.305 e. The summed E-state index contributed by atoms with van der Waals surface area (Å²) in [6.07, 6.45) is 1.37. The number of rotatable bonds is 7. The van der Waals surface area contributed by atoms with Crippen LogP contribution in [0.1, 0.15) is 40.5 Å². The van der Waals surface area contributed by atoms with E-state index in [1.54, 1.807) is 13.1 Å². The van der Waals surface area contributed by atoms with Crippen molar-refractivity contribution in [3.63, 3.8) is 0 Å². The largest absolute Gasteiger partial charge is 0.454 e. The molecule has 0 aliphatic carbocycles. The lowest BCUT2D eigenvalue weighted by Crippen LogP contribution is -2.41. The van der Waals surface area contributed by atoms with E-state index in [9.17, 15) is 18.4 Å². The van der Waals surface area contributed by atoms with Gasteiger partial charge in [0.2, 0.25) is 0 Å². The molecule has 164 valence electrons. The fourth-order valence-electron chi connectivity index (χ4n) is 3.03. The number of hydrazine groups is 1. The van der Waals surface area contributed by atoms with E-state index >= 15 is 0 Å². The molecule has 10 heteroatoms. The molecule has 2 N–H and O–H groups in total. The van der Waals surface area contributed by atoms with Crippen LogP contribution in [0.2, 0.25) is 0 Å². The number of furan rings is 1. The second kappa shape index (κ2) is 9.52. The Morgan fingerprint density at radius 1 is 1.10 bits per heavy atom. The Hall–Kier alpha value is -3.53. The first-order valence-corrected chi connectivity index (χ1v) is 9.73. The van der Waals surface area contributed by atoms with Gasteiger partial charge in [0, 0.05) is 24.9 Å². The number of amides is 2. The third kappa shape index (κ3) is 5.15. The summed E-state index contributed by atoms with van der Waals surface area (Å²) in [4.78, 5) is 27.0. The minimum Gasteiger partial charge on any atom is -0.454 e. The van der Waals surface area contributed by atoms with Crippen molar-refractivity contribution in [3.8, 4) is 11.3 Å². The monoisotopic (exact) mass is 431 g/mol. The van der Waals surface area contributed by atoms with Crippen LogP contribution >= 0.6 is 0 Å². The predicted octanol–water partition coefficient (Wildman–Crippen LogP) is 2.87. The third-order valence-electron chi connectivity index (χ3n) is 4.71. The van der Waals surface area contributed by atoms with Gasteiger partial charge in [0.15, 0.2) is 5.76 Å². The molecule has 0 saturated carbocycles. The molecule has 8 nitrogen and oxygen atoms in total. The SMILES string of the molecule is CCN(CC)Cc1ccc(C(=O)NNC(=O)c2cn(C)nc2-c2ccc(F)cc2F)o1. The molecule has 0 saturated heterocycles. The summed E-state index contributed by atoms with van der Waals surface area (Å²) in [5, 5.41) is 4.08. The Kier molecular flexibility index (Phi) is 6.81. The van der Waals surface area contributed by atoms with Gasteiger partial charge in [0.25, 0.3) is 5.91 Å². The third-order valence-corrected chi connectivity index (χ3v) is 4.71. The minimum atomic E-state index is -0.854. The van der Waals surface area contributed by atoms with E-state index in [2.05, 4.69) is 20.9 Å². The summed E-state index contributed by atoms with van der Waals surface area (Å²) in [5.74, 6) is -2.28. The fraction of sp³-hybridized carbons (Fsp3) is 0.286. The zero-order valence-corrected chi connectivity index (χ0v) is 17.4. The molecule has 0 bridgehead atoms. The quantitative estimate of drug-likeness (QED) is 0.562. The van der Waals surface area contributed by atoms with Gasteiger partial charge in [-0.3, -0.25) is 30.0 Å². The van der Waals surface area contributed by atoms with Gasteiger partial charge >= 0.3 is 5.91 Å². The van der Waals surface area contributed by atoms with Gasteiger partial charge in [-0.2, -0.15) is 5.10 Å². The van der Waals surface area contributed by atoms with Crippen LogP contribution in [0.3, 0.4) is 0 Å². The van der Waals surface area contributed by atoms with Crippen LogP contribution in [0.15, 0.2) is 40.9 Å². The van der Waals surface area contributed by atoms with E-state index < -0.39 is 23.4 Å². The van der Waals surface area contributed by atoms with Crippen LogP contribution in [0.25, 0.3) is 11.3 Å². The average molecular weight is 431 g/mol. The van der Waals surface area contributed by atoms with E-state index in [0.717, 1.165) is 19.2 Å². The lowest BCUT2D eigenvalue weighted by Gasteiger charge is -2.15. The summed E-state index contributed by atoms with van der Waals surface area (Å²) < 4.78 is 34.2. The number of halogens is 2. The normalized spacial score (nSPS) is 11.0. The lowest BCUT2D eigenvalue weighted by atomic mass is 10.1. The molecule has 31 heavy (non-hydrogen) atoms. The maximum atomic E-state index is 14.2. The number of aryl methyl sites for hydroxylation is 1. The van der Waals surface area contributed by atoms with Crippen LogP contribution in [0, 0.1) is 11.6 Å². The van der Waals surface area contributed by atoms with Gasteiger partial charge in [-0.15, -0.1) is 0 Å². The number of hydrogen-bond donors (Lipinski definition) is 2. The Labute approximate surface area is 177 Å². The minimum absolute atomic E-state index is 0.00924. The number of aromatic nitrogens is 2. The molecule has 2 amide bonds. The number of benzene rings is 1. The molecular formula is C21H23F2N5O3. The van der Waals surface area contributed by atoms with Gasteiger partial charge in [-0.05, 0) is 37.4 Å². The standard InChI is InChI=1S/C21H23F2N5O3/c1-4-28(5-2)11-14-7-9-18(31-14)21(30)25-24-20(29)16-12-27(3)26-19(16)15-8-6-13(22)10-17(15)23/h6-10,12H,4-5,11H2,1-3H3,(H,24,29)(H,25,30). The van der Waals surface area contributed by atoms with E-state index in [0.29, 0.717) is 18.4 Å². The Morgan fingerprint density at radius 2 is 1.81 bits per heavy atom. The molecule has 0 atom stereocenters. The highest BCUT2D eigenvalue weighted by molar-refractivity contribution is 6.01. The molecule has 3 rings (SSSR count). The topological polar surface area (TPSA) is 92.4 Å². The van der Waals surface area contributed by atoms with E-state index in [4.69, 9.17) is 4.42 Å². The second-order valence-corrected chi connectivity index (χ2v) is 6.82. The predicted molar refractivity (Wildman–Crippen MR) is 109 cm³/mol. The highest BCUT2D eigenvalue weighted by Crippen LogP contribution is 2.25. The van der Waals surface area contributed by atoms with Crippen molar-refractivity contribution in [2.24, 2.45) is 7.05 Å². The molecule has 2 heterocycles. The molecule has 0 aliphatic rings. The maximum Gasteiger partial charge on any atom is 0.305 e. The molecule has 2 aromatic heterocycles. The summed E-state index contributed by atoms with van der Waals surface area (Å²) in [6, 6.07) is 6.20. The van der Waals surface area contributed by atoms with Gasteiger partial charge in [-0.1, -0.05) is 13.8 Å². The second-order valence-electron chi connectivity index (χ2n) is 6.82. The van der Waals surface area contributed by atoms with Crippen molar-refractivity contribution in [1.29, 1.82) is 0 Å². The van der Waals surface area contributed by atoms with Gasteiger partial charge in [-0.25, -0.2) is 8.78 Å². The number of carbonyl (C=O) groups is 2. The molecule has 3 aromatic rings. The van der Waals surface area contributed by atoms with Crippen LogP contribution in [-0.4, -0.2) is 39.6 Å². The van der Waals surface area contributed by atoms with Crippen molar-refractivity contribution in [2.75, 3.05) is 13.1 Å². The molecule has 0 spiro atoms. The average Bonchev–Trinajstić information content (AvgIpc) is 3.36. The molecule has 0 fully saturated rings. The van der Waals surface area contributed by atoms with Crippen molar-refractivity contribution >= 4 is 11.8 Å². The Morgan fingerprint density at radius 3 is 2.48 bits per heavy atom. The summed E-state index contributed by atoms with van der Waals surface area (Å²) >= 11 is 0. The highest BCUT2D eigenvalue weighted by atomic mass is 19.1. The van der Waals surface area contributed by atoms with Crippen LogP contribution in [-0.2, 0) is 13.6 Å². The first-order chi connectivity index (χ1) is 14.8. The van der Waals surface area contributed by atoms with Gasteiger partial charge in [0.05, 0.1) is 12.1 Å². The lowest BCUT2D eigenvalue weighted by molar-refractivity contribution is 0.0829. The first kappa shape index (κ1) is 22.2. The maximum absolute atomic E-state index is 14.2. The van der Waals surface area contributed by atoms with Crippen LogP contribution in [0.5, 0.6) is 0 Å². The molecular weight excluding hydrogens is 408 g/mol. The van der Waals surface area contributed by atoms with E-state index in [1.807, 2.05) is 13.8 Å². The van der Waals surface area contributed by atoms with Crippen LogP contribution < -0.4 is 10.9 Å². The number of nitrogens with zero attached hydrogens (tertiary/aromatic N) is 3. The van der Waals surface area contributed by atoms with Crippen LogP contribution in [0.4, 0.5) is 8.78 Å². The Balaban J connectivity index is 1.69. The molecule has 0 radical (unpaired) electrons. The molecule has 0 unspecified atom stereocenters. The zero-order chi connectivity index (χ0) is 22.5. The summed E-state index contributed by atoms with van der Waals surface area (Å²) in [6.45, 7) is 6.31. The van der Waals surface area contributed by atoms with E-state index in [1.165, 1.54) is 23.0 Å². The summed E-state index contributed by atoms with van der Waals surface area (Å²) in [5.41, 5.74) is 4.52. The van der Waals surface area contributed by atoms with E-state index in [-0.39, 0.29) is 22.6 Å². The number of nitrogens with one attached hydrogen (secondary N) is 2. The first-order valence-electron chi connectivity index (χ1n) is 9.73. The van der Waals surface area contributed by atoms with Gasteiger partial charge < -0.3 is 4.42 Å². The van der Waals surface area contributed by atoms with Gasteiger partial charge in [0.1, 0.15) is 23.1 Å². The van der Waals surface area contributed by atoms with Crippen molar-refractivity contribution in [1.82, 2.24) is 25.5 Å². The number of hydrogen-bond acceptors (Lipinski definition) is 5. The van der Waals surface area contributed by atoms with Crippen molar-refractivity contribution in [3.05, 3.63) is 65.2 Å². The number of carbonyl (C=O) groups excluding carboxylic acids is 2. The molecule has 1 aromatic carbocycles. The highest BCUT2D eigenvalue weighted by Gasteiger charge is 2.21. The fourth-order valence-corrected chi connectivity index (χ4v) is 3.03. The summed E-state index contributed by atoms with van der Waals surface area (Å²) in [7, 11) is 1.56. The van der Waals surface area contributed by atoms with Crippen molar-refractivity contribution < 1.29 is 22.8 Å². The van der Waals surface area contributed by atoms with Crippen molar-refractivity contribution in [2.45, 2.75) is 20.4 Å².